The molecule has 1 aromatic carbocycles. The first-order valence-corrected chi connectivity index (χ1v) is 9.26. The SMILES string of the molecule is Cn1cnc(S(=O)(=O)N[C@@H]2COCC[C@@H]2OCc2ccccc2)c1. The van der Waals surface area contributed by atoms with E-state index < -0.39 is 16.1 Å². The Bertz CT molecular complexity index is 761. The minimum absolute atomic E-state index is 0.00242. The van der Waals surface area contributed by atoms with Gasteiger partial charge in [0.05, 0.1) is 31.7 Å². The van der Waals surface area contributed by atoms with Crippen molar-refractivity contribution in [3.63, 3.8) is 0 Å². The first-order valence-electron chi connectivity index (χ1n) is 7.78. The van der Waals surface area contributed by atoms with Crippen LogP contribution in [-0.2, 0) is 33.2 Å². The number of ether oxygens (including phenoxy) is 2. The molecule has 1 aliphatic heterocycles. The molecule has 1 aromatic heterocycles. The average molecular weight is 351 g/mol. The Labute approximate surface area is 141 Å². The molecule has 7 nitrogen and oxygen atoms in total. The molecule has 24 heavy (non-hydrogen) atoms. The predicted octanol–water partition coefficient (Wildman–Crippen LogP) is 1.07. The van der Waals surface area contributed by atoms with Gasteiger partial charge in [-0.05, 0) is 12.0 Å². The molecule has 1 N–H and O–H groups in total. The van der Waals surface area contributed by atoms with Crippen molar-refractivity contribution in [2.75, 3.05) is 13.2 Å². The van der Waals surface area contributed by atoms with Crippen LogP contribution in [0.1, 0.15) is 12.0 Å². The molecule has 2 heterocycles. The van der Waals surface area contributed by atoms with Crippen molar-refractivity contribution < 1.29 is 17.9 Å². The van der Waals surface area contributed by atoms with Gasteiger partial charge in [-0.15, -0.1) is 0 Å². The summed E-state index contributed by atoms with van der Waals surface area (Å²) in [5.74, 6) is 0. The quantitative estimate of drug-likeness (QED) is 0.842. The fourth-order valence-electron chi connectivity index (χ4n) is 2.59. The Balaban J connectivity index is 1.66. The highest BCUT2D eigenvalue weighted by atomic mass is 32.2. The van der Waals surface area contributed by atoms with Crippen molar-refractivity contribution in [1.82, 2.24) is 14.3 Å². The first-order chi connectivity index (χ1) is 11.5. The lowest BCUT2D eigenvalue weighted by Gasteiger charge is -2.31. The van der Waals surface area contributed by atoms with Crippen LogP contribution in [0.3, 0.4) is 0 Å². The third kappa shape index (κ3) is 4.21. The maximum Gasteiger partial charge on any atom is 0.259 e. The Hall–Kier alpha value is -1.74. The minimum atomic E-state index is -3.70. The van der Waals surface area contributed by atoms with E-state index in [0.29, 0.717) is 19.6 Å². The topological polar surface area (TPSA) is 82.5 Å². The summed E-state index contributed by atoms with van der Waals surface area (Å²) in [7, 11) is -1.97. The Morgan fingerprint density at radius 2 is 2.17 bits per heavy atom. The van der Waals surface area contributed by atoms with E-state index in [9.17, 15) is 8.42 Å². The van der Waals surface area contributed by atoms with Crippen molar-refractivity contribution in [3.8, 4) is 0 Å². The summed E-state index contributed by atoms with van der Waals surface area (Å²) >= 11 is 0. The minimum Gasteiger partial charge on any atom is -0.380 e. The highest BCUT2D eigenvalue weighted by Crippen LogP contribution is 2.17. The maximum absolute atomic E-state index is 12.4. The average Bonchev–Trinajstić information content (AvgIpc) is 3.02. The second-order valence-corrected chi connectivity index (χ2v) is 7.46. The molecule has 0 aliphatic carbocycles. The van der Waals surface area contributed by atoms with E-state index in [1.807, 2.05) is 30.3 Å². The highest BCUT2D eigenvalue weighted by Gasteiger charge is 2.31. The molecule has 0 amide bonds. The number of aryl methyl sites for hydroxylation is 1. The zero-order valence-electron chi connectivity index (χ0n) is 13.5. The molecular weight excluding hydrogens is 330 g/mol. The van der Waals surface area contributed by atoms with Gasteiger partial charge in [0, 0.05) is 19.9 Å². The van der Waals surface area contributed by atoms with Gasteiger partial charge in [-0.1, -0.05) is 30.3 Å². The molecule has 0 bridgehead atoms. The first kappa shape index (κ1) is 17.1. The van der Waals surface area contributed by atoms with E-state index in [4.69, 9.17) is 9.47 Å². The summed E-state index contributed by atoms with van der Waals surface area (Å²) in [6.07, 6.45) is 3.32. The monoisotopic (exact) mass is 351 g/mol. The van der Waals surface area contributed by atoms with Gasteiger partial charge in [0.25, 0.3) is 10.0 Å². The molecule has 8 heteroatoms. The molecule has 130 valence electrons. The summed E-state index contributed by atoms with van der Waals surface area (Å²) in [6.45, 7) is 1.28. The maximum atomic E-state index is 12.4. The molecule has 0 spiro atoms. The van der Waals surface area contributed by atoms with Crippen molar-refractivity contribution in [1.29, 1.82) is 0 Å². The van der Waals surface area contributed by atoms with Crippen LogP contribution in [0.5, 0.6) is 0 Å². The van der Waals surface area contributed by atoms with E-state index in [2.05, 4.69) is 9.71 Å². The molecule has 1 aliphatic rings. The lowest BCUT2D eigenvalue weighted by Crippen LogP contribution is -2.50. The number of nitrogens with one attached hydrogen (secondary N) is 1. The largest absolute Gasteiger partial charge is 0.380 e. The predicted molar refractivity (Wildman–Crippen MR) is 87.8 cm³/mol. The van der Waals surface area contributed by atoms with E-state index in [1.165, 1.54) is 12.5 Å². The number of rotatable bonds is 6. The molecule has 3 rings (SSSR count). The van der Waals surface area contributed by atoms with Gasteiger partial charge < -0.3 is 14.0 Å². The normalized spacial score (nSPS) is 21.7. The number of sulfonamides is 1. The van der Waals surface area contributed by atoms with Crippen LogP contribution in [0, 0.1) is 0 Å². The van der Waals surface area contributed by atoms with E-state index in [0.717, 1.165) is 5.56 Å². The van der Waals surface area contributed by atoms with Crippen LogP contribution in [-0.4, -0.2) is 43.3 Å². The summed E-state index contributed by atoms with van der Waals surface area (Å²) < 4.78 is 40.5. The molecule has 1 saturated heterocycles. The van der Waals surface area contributed by atoms with E-state index >= 15 is 0 Å². The van der Waals surface area contributed by atoms with Gasteiger partial charge in [-0.3, -0.25) is 0 Å². The van der Waals surface area contributed by atoms with Crippen molar-refractivity contribution in [2.45, 2.75) is 30.2 Å². The van der Waals surface area contributed by atoms with Crippen LogP contribution in [0.2, 0.25) is 0 Å². The molecule has 0 unspecified atom stereocenters. The zero-order valence-corrected chi connectivity index (χ0v) is 14.3. The Kier molecular flexibility index (Phi) is 5.30. The molecule has 0 radical (unpaired) electrons. The van der Waals surface area contributed by atoms with Crippen molar-refractivity contribution in [2.24, 2.45) is 7.05 Å². The summed E-state index contributed by atoms with van der Waals surface area (Å²) in [6, 6.07) is 9.36. The van der Waals surface area contributed by atoms with Gasteiger partial charge in [-0.25, -0.2) is 18.1 Å². The van der Waals surface area contributed by atoms with Crippen LogP contribution in [0.4, 0.5) is 0 Å². The van der Waals surface area contributed by atoms with Crippen molar-refractivity contribution in [3.05, 3.63) is 48.4 Å². The van der Waals surface area contributed by atoms with Crippen LogP contribution in [0.15, 0.2) is 47.9 Å². The number of benzene rings is 1. The third-order valence-corrected chi connectivity index (χ3v) is 5.24. The van der Waals surface area contributed by atoms with Gasteiger partial charge in [0.15, 0.2) is 5.03 Å². The molecule has 0 saturated carbocycles. The van der Waals surface area contributed by atoms with Gasteiger partial charge >= 0.3 is 0 Å². The number of nitrogens with zero attached hydrogens (tertiary/aromatic N) is 2. The van der Waals surface area contributed by atoms with Gasteiger partial charge in [-0.2, -0.15) is 0 Å². The zero-order chi connectivity index (χ0) is 17.0. The fourth-order valence-corrected chi connectivity index (χ4v) is 3.82. The fraction of sp³-hybridized carbons (Fsp3) is 0.438. The summed E-state index contributed by atoms with van der Waals surface area (Å²) in [4.78, 5) is 3.90. The van der Waals surface area contributed by atoms with Crippen LogP contribution in [0.25, 0.3) is 0 Å². The number of hydrogen-bond donors (Lipinski definition) is 1. The highest BCUT2D eigenvalue weighted by molar-refractivity contribution is 7.89. The molecule has 1 fully saturated rings. The van der Waals surface area contributed by atoms with Crippen LogP contribution >= 0.6 is 0 Å². The van der Waals surface area contributed by atoms with E-state index in [1.54, 1.807) is 11.6 Å². The summed E-state index contributed by atoms with van der Waals surface area (Å²) in [5, 5.41) is -0.00242. The Morgan fingerprint density at radius 1 is 1.38 bits per heavy atom. The molecule has 2 atom stereocenters. The Morgan fingerprint density at radius 3 is 2.88 bits per heavy atom. The molecule has 2 aromatic rings. The third-order valence-electron chi connectivity index (χ3n) is 3.86. The van der Waals surface area contributed by atoms with Crippen molar-refractivity contribution >= 4 is 10.0 Å². The van der Waals surface area contributed by atoms with Gasteiger partial charge in [0.2, 0.25) is 0 Å². The second-order valence-electron chi connectivity index (χ2n) is 5.80. The lowest BCUT2D eigenvalue weighted by molar-refractivity contribution is -0.0572. The number of aromatic nitrogens is 2. The summed E-state index contributed by atoms with van der Waals surface area (Å²) in [5.41, 5.74) is 1.05. The lowest BCUT2D eigenvalue weighted by atomic mass is 10.1. The van der Waals surface area contributed by atoms with E-state index in [-0.39, 0.29) is 17.7 Å². The van der Waals surface area contributed by atoms with Crippen LogP contribution < -0.4 is 4.72 Å². The second kappa shape index (κ2) is 7.43. The molecular formula is C16H21N3O4S. The standard InChI is InChI=1S/C16H21N3O4S/c1-19-9-16(17-12-19)24(20,21)18-14-11-22-8-7-15(14)23-10-13-5-3-2-4-6-13/h2-6,9,12,14-15,18H,7-8,10-11H2,1H3/t14-,15+/m1/s1. The smallest absolute Gasteiger partial charge is 0.259 e. The number of hydrogen-bond acceptors (Lipinski definition) is 5. The number of imidazole rings is 1. The van der Waals surface area contributed by atoms with Gasteiger partial charge in [0.1, 0.15) is 0 Å².